The molecule has 0 amide bonds. The smallest absolute Gasteiger partial charge is 0.326 e. The van der Waals surface area contributed by atoms with Gasteiger partial charge in [-0.05, 0) is 17.7 Å². The van der Waals surface area contributed by atoms with Gasteiger partial charge in [0.05, 0.1) is 4.90 Å². The van der Waals surface area contributed by atoms with Gasteiger partial charge in [0, 0.05) is 6.54 Å². The molecule has 3 nitrogen and oxygen atoms in total. The van der Waals surface area contributed by atoms with E-state index in [0.29, 0.717) is 6.54 Å². The summed E-state index contributed by atoms with van der Waals surface area (Å²) < 4.78 is 33.0. The van der Waals surface area contributed by atoms with Gasteiger partial charge < -0.3 is 5.73 Å². The minimum atomic E-state index is -4.57. The van der Waals surface area contributed by atoms with Crippen molar-refractivity contribution in [3.05, 3.63) is 29.8 Å². The zero-order chi connectivity index (χ0) is 9.19. The van der Waals surface area contributed by atoms with Crippen LogP contribution in [0.4, 0.5) is 3.89 Å². The number of benzene rings is 1. The molecule has 0 aliphatic heterocycles. The summed E-state index contributed by atoms with van der Waals surface area (Å²) in [6.45, 7) is 0.312. The van der Waals surface area contributed by atoms with Crippen molar-refractivity contribution >= 4 is 22.6 Å². The van der Waals surface area contributed by atoms with Crippen LogP contribution in [0.25, 0.3) is 0 Å². The molecule has 2 N–H and O–H groups in total. The third-order valence-electron chi connectivity index (χ3n) is 1.44. The summed E-state index contributed by atoms with van der Waals surface area (Å²) in [5.41, 5.74) is 6.03. The Balaban J connectivity index is 0.00000144. The van der Waals surface area contributed by atoms with Gasteiger partial charge >= 0.3 is 10.2 Å². The van der Waals surface area contributed by atoms with Crippen molar-refractivity contribution in [2.24, 2.45) is 5.73 Å². The lowest BCUT2D eigenvalue weighted by molar-refractivity contribution is 0.552. The zero-order valence-corrected chi connectivity index (χ0v) is 8.24. The van der Waals surface area contributed by atoms with Crippen LogP contribution in [0.15, 0.2) is 29.2 Å². The Morgan fingerprint density at radius 3 is 2.00 bits per heavy atom. The summed E-state index contributed by atoms with van der Waals surface area (Å²) >= 11 is 0. The molecular formula is C7H9ClFNO2S. The second-order valence-electron chi connectivity index (χ2n) is 2.29. The highest BCUT2D eigenvalue weighted by molar-refractivity contribution is 7.86. The first kappa shape index (κ1) is 12.3. The number of rotatable bonds is 2. The molecule has 0 atom stereocenters. The topological polar surface area (TPSA) is 60.2 Å². The molecule has 13 heavy (non-hydrogen) atoms. The van der Waals surface area contributed by atoms with Gasteiger partial charge in [-0.25, -0.2) is 0 Å². The Hall–Kier alpha value is -0.650. The van der Waals surface area contributed by atoms with Crippen molar-refractivity contribution in [1.29, 1.82) is 0 Å². The SMILES string of the molecule is Cl.NCc1ccc(S(=O)(=O)F)cc1. The highest BCUT2D eigenvalue weighted by Gasteiger charge is 2.09. The van der Waals surface area contributed by atoms with E-state index in [2.05, 4.69) is 0 Å². The molecule has 74 valence electrons. The summed E-state index contributed by atoms with van der Waals surface area (Å²) in [7, 11) is -4.57. The van der Waals surface area contributed by atoms with Crippen LogP contribution in [0.5, 0.6) is 0 Å². The highest BCUT2D eigenvalue weighted by atomic mass is 35.5. The molecule has 0 radical (unpaired) electrons. The number of halogens is 2. The molecule has 1 rings (SSSR count). The fourth-order valence-electron chi connectivity index (χ4n) is 0.788. The van der Waals surface area contributed by atoms with E-state index in [0.717, 1.165) is 5.56 Å². The van der Waals surface area contributed by atoms with Crippen LogP contribution in [0, 0.1) is 0 Å². The summed E-state index contributed by atoms with van der Waals surface area (Å²) in [6, 6.07) is 5.34. The molecule has 0 heterocycles. The van der Waals surface area contributed by atoms with Gasteiger partial charge in [-0.15, -0.1) is 16.3 Å². The lowest BCUT2D eigenvalue weighted by atomic mass is 10.2. The minimum absolute atomic E-state index is 0. The fourth-order valence-corrected chi connectivity index (χ4v) is 1.25. The molecule has 0 aliphatic rings. The van der Waals surface area contributed by atoms with Crippen LogP contribution in [-0.4, -0.2) is 8.42 Å². The second kappa shape index (κ2) is 4.55. The standard InChI is InChI=1S/C7H8FNO2S.ClH/c8-12(10,11)7-3-1-6(5-9)2-4-7;/h1-4H,5,9H2;1H. The maximum absolute atomic E-state index is 12.3. The third-order valence-corrected chi connectivity index (χ3v) is 2.28. The predicted octanol–water partition coefficient (Wildman–Crippen LogP) is 1.23. The molecule has 0 fully saturated rings. The lowest BCUT2D eigenvalue weighted by Crippen LogP contribution is -1.97. The maximum Gasteiger partial charge on any atom is 0.332 e. The van der Waals surface area contributed by atoms with Gasteiger partial charge in [-0.3, -0.25) is 0 Å². The molecule has 0 aliphatic carbocycles. The Morgan fingerprint density at radius 1 is 1.23 bits per heavy atom. The minimum Gasteiger partial charge on any atom is -0.326 e. The van der Waals surface area contributed by atoms with E-state index < -0.39 is 10.2 Å². The largest absolute Gasteiger partial charge is 0.332 e. The van der Waals surface area contributed by atoms with Gasteiger partial charge in [0.25, 0.3) is 0 Å². The van der Waals surface area contributed by atoms with Crippen LogP contribution in [0.3, 0.4) is 0 Å². The summed E-state index contributed by atoms with van der Waals surface area (Å²) in [5.74, 6) is 0. The molecule has 1 aromatic rings. The molecule has 6 heteroatoms. The van der Waals surface area contributed by atoms with Crippen LogP contribution in [0.1, 0.15) is 5.56 Å². The molecule has 0 unspecified atom stereocenters. The Bertz CT molecular complexity index is 363. The number of hydrogen-bond donors (Lipinski definition) is 1. The number of hydrogen-bond acceptors (Lipinski definition) is 3. The Labute approximate surface area is 82.4 Å². The molecule has 0 spiro atoms. The summed E-state index contributed by atoms with van der Waals surface area (Å²) in [5, 5.41) is 0. The molecule has 0 bridgehead atoms. The first-order valence-corrected chi connectivity index (χ1v) is 4.66. The van der Waals surface area contributed by atoms with Gasteiger partial charge in [0.1, 0.15) is 0 Å². The fraction of sp³-hybridized carbons (Fsp3) is 0.143. The van der Waals surface area contributed by atoms with Crippen molar-refractivity contribution in [2.75, 3.05) is 0 Å². The van der Waals surface area contributed by atoms with Crippen LogP contribution < -0.4 is 5.73 Å². The summed E-state index contributed by atoms with van der Waals surface area (Å²) in [6.07, 6.45) is 0. The van der Waals surface area contributed by atoms with Gasteiger partial charge in [-0.2, -0.15) is 8.42 Å². The van der Waals surface area contributed by atoms with E-state index in [4.69, 9.17) is 5.73 Å². The monoisotopic (exact) mass is 225 g/mol. The average Bonchev–Trinajstić information content (AvgIpc) is 2.03. The molecule has 0 saturated carbocycles. The van der Waals surface area contributed by atoms with Crippen molar-refractivity contribution in [2.45, 2.75) is 11.4 Å². The van der Waals surface area contributed by atoms with E-state index in [1.54, 1.807) is 0 Å². The second-order valence-corrected chi connectivity index (χ2v) is 3.63. The highest BCUT2D eigenvalue weighted by Crippen LogP contribution is 2.12. The molecule has 0 saturated heterocycles. The predicted molar refractivity (Wildman–Crippen MR) is 49.9 cm³/mol. The molecule has 1 aromatic carbocycles. The quantitative estimate of drug-likeness (QED) is 0.770. The van der Waals surface area contributed by atoms with E-state index in [9.17, 15) is 12.3 Å². The van der Waals surface area contributed by atoms with Crippen molar-refractivity contribution in [1.82, 2.24) is 0 Å². The molecular weight excluding hydrogens is 217 g/mol. The Morgan fingerprint density at radius 2 is 1.69 bits per heavy atom. The normalized spacial score (nSPS) is 10.6. The maximum atomic E-state index is 12.3. The first-order valence-electron chi connectivity index (χ1n) is 3.27. The lowest BCUT2D eigenvalue weighted by Gasteiger charge is -1.96. The first-order chi connectivity index (χ1) is 5.54. The van der Waals surface area contributed by atoms with Crippen molar-refractivity contribution in [3.63, 3.8) is 0 Å². The Kier molecular flexibility index (Phi) is 4.32. The van der Waals surface area contributed by atoms with Crippen LogP contribution in [-0.2, 0) is 16.8 Å². The van der Waals surface area contributed by atoms with E-state index >= 15 is 0 Å². The van der Waals surface area contributed by atoms with Crippen LogP contribution >= 0.6 is 12.4 Å². The van der Waals surface area contributed by atoms with Crippen molar-refractivity contribution in [3.8, 4) is 0 Å². The number of nitrogens with two attached hydrogens (primary N) is 1. The van der Waals surface area contributed by atoms with Crippen molar-refractivity contribution < 1.29 is 12.3 Å². The zero-order valence-electron chi connectivity index (χ0n) is 6.60. The third kappa shape index (κ3) is 3.30. The molecule has 0 aromatic heterocycles. The van der Waals surface area contributed by atoms with E-state index in [1.165, 1.54) is 24.3 Å². The van der Waals surface area contributed by atoms with Crippen LogP contribution in [0.2, 0.25) is 0 Å². The van der Waals surface area contributed by atoms with Gasteiger partial charge in [0.2, 0.25) is 0 Å². The van der Waals surface area contributed by atoms with E-state index in [1.807, 2.05) is 0 Å². The van der Waals surface area contributed by atoms with E-state index in [-0.39, 0.29) is 17.3 Å². The summed E-state index contributed by atoms with van der Waals surface area (Å²) in [4.78, 5) is -0.334. The van der Waals surface area contributed by atoms with Gasteiger partial charge in [0.15, 0.2) is 0 Å². The van der Waals surface area contributed by atoms with Gasteiger partial charge in [-0.1, -0.05) is 12.1 Å². The average molecular weight is 226 g/mol.